The van der Waals surface area contributed by atoms with Crippen molar-refractivity contribution in [2.45, 2.75) is 27.7 Å². The SMILES string of the molecule is Cc1c(C)c(NCC=O)c(C)c(C)c1N. The fraction of sp³-hybridized carbons (Fsp3) is 0.417. The third kappa shape index (κ3) is 1.96. The zero-order valence-electron chi connectivity index (χ0n) is 9.77. The van der Waals surface area contributed by atoms with E-state index in [0.717, 1.165) is 39.9 Å². The van der Waals surface area contributed by atoms with Gasteiger partial charge in [0.15, 0.2) is 0 Å². The normalized spacial score (nSPS) is 10.1. The second kappa shape index (κ2) is 4.34. The summed E-state index contributed by atoms with van der Waals surface area (Å²) in [4.78, 5) is 10.4. The van der Waals surface area contributed by atoms with Crippen molar-refractivity contribution in [3.05, 3.63) is 22.3 Å². The molecular formula is C12H18N2O. The molecule has 3 nitrogen and oxygen atoms in total. The molecule has 0 spiro atoms. The summed E-state index contributed by atoms with van der Waals surface area (Å²) >= 11 is 0. The number of aldehydes is 1. The van der Waals surface area contributed by atoms with Crippen LogP contribution >= 0.6 is 0 Å². The van der Waals surface area contributed by atoms with E-state index in [-0.39, 0.29) is 0 Å². The lowest BCUT2D eigenvalue weighted by Gasteiger charge is -2.18. The molecule has 0 aliphatic rings. The molecule has 0 aliphatic heterocycles. The van der Waals surface area contributed by atoms with Crippen molar-refractivity contribution in [3.8, 4) is 0 Å². The Morgan fingerprint density at radius 1 is 1.07 bits per heavy atom. The number of nitrogens with two attached hydrogens (primary N) is 1. The minimum atomic E-state index is 0.338. The lowest BCUT2D eigenvalue weighted by molar-refractivity contribution is -0.106. The van der Waals surface area contributed by atoms with Crippen LogP contribution < -0.4 is 11.1 Å². The first-order valence-corrected chi connectivity index (χ1v) is 5.04. The number of nitrogen functional groups attached to an aromatic ring is 1. The van der Waals surface area contributed by atoms with Crippen LogP contribution in [0.1, 0.15) is 22.3 Å². The molecular weight excluding hydrogens is 188 g/mol. The predicted molar refractivity (Wildman–Crippen MR) is 64.4 cm³/mol. The van der Waals surface area contributed by atoms with Crippen LogP contribution in [0.5, 0.6) is 0 Å². The minimum Gasteiger partial charge on any atom is -0.398 e. The topological polar surface area (TPSA) is 55.1 Å². The molecule has 1 aromatic carbocycles. The number of rotatable bonds is 3. The van der Waals surface area contributed by atoms with E-state index in [1.54, 1.807) is 0 Å². The van der Waals surface area contributed by atoms with E-state index in [1.165, 1.54) is 0 Å². The molecule has 0 unspecified atom stereocenters. The van der Waals surface area contributed by atoms with Gasteiger partial charge < -0.3 is 15.8 Å². The number of anilines is 2. The highest BCUT2D eigenvalue weighted by molar-refractivity contribution is 5.73. The Morgan fingerprint density at radius 3 is 1.93 bits per heavy atom. The smallest absolute Gasteiger partial charge is 0.139 e. The van der Waals surface area contributed by atoms with Gasteiger partial charge in [-0.25, -0.2) is 0 Å². The molecule has 82 valence electrons. The van der Waals surface area contributed by atoms with Crippen LogP contribution in [0.2, 0.25) is 0 Å². The van der Waals surface area contributed by atoms with Gasteiger partial charge in [0.05, 0.1) is 6.54 Å². The Hall–Kier alpha value is -1.51. The first-order chi connectivity index (χ1) is 7.00. The molecule has 0 radical (unpaired) electrons. The van der Waals surface area contributed by atoms with Gasteiger partial charge in [-0.3, -0.25) is 0 Å². The molecule has 3 heteroatoms. The number of hydrogen-bond acceptors (Lipinski definition) is 3. The van der Waals surface area contributed by atoms with E-state index in [2.05, 4.69) is 5.32 Å². The first kappa shape index (κ1) is 11.6. The summed E-state index contributed by atoms with van der Waals surface area (Å²) in [6.45, 7) is 8.38. The number of hydrogen-bond donors (Lipinski definition) is 2. The molecule has 0 amide bonds. The van der Waals surface area contributed by atoms with Crippen molar-refractivity contribution in [1.29, 1.82) is 0 Å². The second-order valence-electron chi connectivity index (χ2n) is 3.84. The van der Waals surface area contributed by atoms with Crippen LogP contribution in [-0.2, 0) is 4.79 Å². The van der Waals surface area contributed by atoms with Gasteiger partial charge >= 0.3 is 0 Å². The third-order valence-electron chi connectivity index (χ3n) is 3.05. The molecule has 0 bridgehead atoms. The zero-order chi connectivity index (χ0) is 11.6. The summed E-state index contributed by atoms with van der Waals surface area (Å²) in [5, 5.41) is 3.12. The van der Waals surface area contributed by atoms with Crippen LogP contribution in [-0.4, -0.2) is 12.8 Å². The Bertz CT molecular complexity index is 368. The van der Waals surface area contributed by atoms with Crippen molar-refractivity contribution >= 4 is 17.7 Å². The maximum atomic E-state index is 10.4. The zero-order valence-corrected chi connectivity index (χ0v) is 9.77. The fourth-order valence-electron chi connectivity index (χ4n) is 1.75. The van der Waals surface area contributed by atoms with E-state index >= 15 is 0 Å². The highest BCUT2D eigenvalue weighted by Gasteiger charge is 2.11. The average molecular weight is 206 g/mol. The molecule has 1 rings (SSSR count). The first-order valence-electron chi connectivity index (χ1n) is 5.04. The summed E-state index contributed by atoms with van der Waals surface area (Å²) in [5.41, 5.74) is 12.3. The van der Waals surface area contributed by atoms with E-state index in [9.17, 15) is 4.79 Å². The van der Waals surface area contributed by atoms with Gasteiger partial charge in [0.1, 0.15) is 6.29 Å². The summed E-state index contributed by atoms with van der Waals surface area (Å²) in [5.74, 6) is 0. The van der Waals surface area contributed by atoms with E-state index in [4.69, 9.17) is 5.73 Å². The molecule has 1 aromatic rings. The molecule has 0 aromatic heterocycles. The minimum absolute atomic E-state index is 0.338. The lowest BCUT2D eigenvalue weighted by atomic mass is 9.96. The van der Waals surface area contributed by atoms with Gasteiger partial charge in [-0.2, -0.15) is 0 Å². The van der Waals surface area contributed by atoms with Gasteiger partial charge in [0, 0.05) is 11.4 Å². The summed E-state index contributed by atoms with van der Waals surface area (Å²) in [7, 11) is 0. The molecule has 0 atom stereocenters. The standard InChI is InChI=1S/C12H18N2O/c1-7-9(3)12(14-5-6-15)10(4)8(2)11(7)13/h6,14H,5,13H2,1-4H3. The van der Waals surface area contributed by atoms with E-state index < -0.39 is 0 Å². The van der Waals surface area contributed by atoms with Gasteiger partial charge in [0.2, 0.25) is 0 Å². The molecule has 15 heavy (non-hydrogen) atoms. The summed E-state index contributed by atoms with van der Waals surface area (Å²) in [6.07, 6.45) is 0.861. The van der Waals surface area contributed by atoms with Crippen LogP contribution in [0.15, 0.2) is 0 Å². The highest BCUT2D eigenvalue weighted by Crippen LogP contribution is 2.31. The van der Waals surface area contributed by atoms with Crippen LogP contribution in [0.4, 0.5) is 11.4 Å². The van der Waals surface area contributed by atoms with Crippen LogP contribution in [0.25, 0.3) is 0 Å². The van der Waals surface area contributed by atoms with E-state index in [0.29, 0.717) is 6.54 Å². The highest BCUT2D eigenvalue weighted by atomic mass is 16.1. The summed E-state index contributed by atoms with van der Waals surface area (Å²) < 4.78 is 0. The van der Waals surface area contributed by atoms with Gasteiger partial charge in [0.25, 0.3) is 0 Å². The second-order valence-corrected chi connectivity index (χ2v) is 3.84. The molecule has 0 fully saturated rings. The Balaban J connectivity index is 3.31. The van der Waals surface area contributed by atoms with Crippen LogP contribution in [0, 0.1) is 27.7 Å². The number of benzene rings is 1. The number of carbonyl (C=O) groups excluding carboxylic acids is 1. The molecule has 0 aliphatic carbocycles. The number of carbonyl (C=O) groups is 1. The van der Waals surface area contributed by atoms with Crippen molar-refractivity contribution in [1.82, 2.24) is 0 Å². The maximum absolute atomic E-state index is 10.4. The Labute approximate surface area is 90.7 Å². The number of nitrogens with one attached hydrogen (secondary N) is 1. The average Bonchev–Trinajstić information content (AvgIpc) is 2.24. The van der Waals surface area contributed by atoms with Crippen LogP contribution in [0.3, 0.4) is 0 Å². The summed E-state index contributed by atoms with van der Waals surface area (Å²) in [6, 6.07) is 0. The molecule has 0 heterocycles. The van der Waals surface area contributed by atoms with E-state index in [1.807, 2.05) is 27.7 Å². The molecule has 0 saturated heterocycles. The monoisotopic (exact) mass is 206 g/mol. The Kier molecular flexibility index (Phi) is 3.35. The van der Waals surface area contributed by atoms with Gasteiger partial charge in [-0.15, -0.1) is 0 Å². The maximum Gasteiger partial charge on any atom is 0.139 e. The van der Waals surface area contributed by atoms with Crippen molar-refractivity contribution in [2.24, 2.45) is 0 Å². The largest absolute Gasteiger partial charge is 0.398 e. The quantitative estimate of drug-likeness (QED) is 0.588. The molecule has 0 saturated carbocycles. The lowest BCUT2D eigenvalue weighted by Crippen LogP contribution is -2.09. The van der Waals surface area contributed by atoms with Crippen molar-refractivity contribution in [2.75, 3.05) is 17.6 Å². The molecule has 3 N–H and O–H groups in total. The predicted octanol–water partition coefficient (Wildman–Crippen LogP) is 2.11. The van der Waals surface area contributed by atoms with Gasteiger partial charge in [-0.1, -0.05) is 0 Å². The van der Waals surface area contributed by atoms with Crippen molar-refractivity contribution in [3.63, 3.8) is 0 Å². The van der Waals surface area contributed by atoms with Gasteiger partial charge in [-0.05, 0) is 49.9 Å². The Morgan fingerprint density at radius 2 is 1.53 bits per heavy atom. The third-order valence-corrected chi connectivity index (χ3v) is 3.05. The van der Waals surface area contributed by atoms with Crippen molar-refractivity contribution < 1.29 is 4.79 Å². The fourth-order valence-corrected chi connectivity index (χ4v) is 1.75.